The van der Waals surface area contributed by atoms with Gasteiger partial charge in [0.2, 0.25) is 5.91 Å². The summed E-state index contributed by atoms with van der Waals surface area (Å²) in [6.45, 7) is 1.41. The van der Waals surface area contributed by atoms with Crippen LogP contribution in [0.5, 0.6) is 0 Å². The molecule has 2 aromatic heterocycles. The van der Waals surface area contributed by atoms with Crippen molar-refractivity contribution in [2.24, 2.45) is 5.92 Å². The van der Waals surface area contributed by atoms with Gasteiger partial charge in [0.25, 0.3) is 11.8 Å². The Morgan fingerprint density at radius 2 is 2.12 bits per heavy atom. The van der Waals surface area contributed by atoms with E-state index in [1.54, 1.807) is 12.1 Å². The lowest BCUT2D eigenvalue weighted by Crippen LogP contribution is -2.30. The first-order chi connectivity index (χ1) is 15.3. The highest BCUT2D eigenvalue weighted by Crippen LogP contribution is 2.48. The fourth-order valence-electron chi connectivity index (χ4n) is 4.33. The summed E-state index contributed by atoms with van der Waals surface area (Å²) in [5, 5.41) is 3.00. The van der Waals surface area contributed by atoms with Crippen LogP contribution in [-0.2, 0) is 4.79 Å². The molecule has 1 saturated carbocycles. The van der Waals surface area contributed by atoms with Gasteiger partial charge in [-0.2, -0.15) is 0 Å². The van der Waals surface area contributed by atoms with Crippen LogP contribution in [0.2, 0.25) is 0 Å². The Labute approximate surface area is 188 Å². The number of aromatic amines is 1. The zero-order valence-corrected chi connectivity index (χ0v) is 18.4. The SMILES string of the molecule is C[C@@H](NC(=O)C[C@@H]1C[C@H]1c1nc2ccccc2[nH]1)c1ccc(C(=O)N2CCC(F)(F)C2)s1. The molecule has 1 saturated heterocycles. The molecule has 1 aromatic carbocycles. The lowest BCUT2D eigenvalue weighted by atomic mass is 10.2. The summed E-state index contributed by atoms with van der Waals surface area (Å²) in [5.74, 6) is -1.75. The Balaban J connectivity index is 1.14. The molecule has 3 atom stereocenters. The van der Waals surface area contributed by atoms with Crippen molar-refractivity contribution in [3.8, 4) is 0 Å². The second-order valence-corrected chi connectivity index (χ2v) is 9.88. The number of H-pyrrole nitrogens is 1. The van der Waals surface area contributed by atoms with Crippen molar-refractivity contribution in [1.82, 2.24) is 20.2 Å². The summed E-state index contributed by atoms with van der Waals surface area (Å²) < 4.78 is 26.8. The number of likely N-dealkylation sites (tertiary alicyclic amines) is 1. The first-order valence-electron chi connectivity index (χ1n) is 10.8. The highest BCUT2D eigenvalue weighted by Gasteiger charge is 2.42. The second-order valence-electron chi connectivity index (χ2n) is 8.77. The molecular formula is C23H24F2N4O2S. The molecule has 3 heterocycles. The molecule has 2 aliphatic rings. The van der Waals surface area contributed by atoms with Crippen molar-refractivity contribution in [3.63, 3.8) is 0 Å². The number of nitrogens with one attached hydrogen (secondary N) is 2. The maximum atomic E-state index is 13.4. The Morgan fingerprint density at radius 3 is 2.88 bits per heavy atom. The molecule has 1 aliphatic heterocycles. The van der Waals surface area contributed by atoms with Crippen LogP contribution in [0.3, 0.4) is 0 Å². The number of amides is 2. The molecular weight excluding hydrogens is 434 g/mol. The minimum atomic E-state index is -2.81. The first-order valence-corrected chi connectivity index (χ1v) is 11.6. The van der Waals surface area contributed by atoms with Crippen LogP contribution < -0.4 is 5.32 Å². The van der Waals surface area contributed by atoms with Gasteiger partial charge in [-0.1, -0.05) is 12.1 Å². The van der Waals surface area contributed by atoms with Crippen LogP contribution in [0.15, 0.2) is 36.4 Å². The summed E-state index contributed by atoms with van der Waals surface area (Å²) in [6.07, 6.45) is 1.06. The van der Waals surface area contributed by atoms with E-state index in [-0.39, 0.29) is 42.7 Å². The third kappa shape index (κ3) is 4.26. The van der Waals surface area contributed by atoms with Crippen molar-refractivity contribution in [1.29, 1.82) is 0 Å². The predicted octanol–water partition coefficient (Wildman–Crippen LogP) is 4.48. The Kier molecular flexibility index (Phi) is 5.23. The van der Waals surface area contributed by atoms with Gasteiger partial charge >= 0.3 is 0 Å². The van der Waals surface area contributed by atoms with Crippen LogP contribution in [0.1, 0.15) is 58.5 Å². The van der Waals surface area contributed by atoms with Crippen LogP contribution >= 0.6 is 11.3 Å². The van der Waals surface area contributed by atoms with E-state index in [1.807, 2.05) is 31.2 Å². The molecule has 2 fully saturated rings. The van der Waals surface area contributed by atoms with Gasteiger partial charge in [0.05, 0.1) is 28.5 Å². The first kappa shape index (κ1) is 21.1. The van der Waals surface area contributed by atoms with Gasteiger partial charge in [0.1, 0.15) is 5.82 Å². The maximum absolute atomic E-state index is 13.4. The quantitative estimate of drug-likeness (QED) is 0.572. The molecule has 3 aromatic rings. The number of carbonyl (C=O) groups is 2. The fourth-order valence-corrected chi connectivity index (χ4v) is 5.31. The van der Waals surface area contributed by atoms with Crippen molar-refractivity contribution in [2.75, 3.05) is 13.1 Å². The minimum Gasteiger partial charge on any atom is -0.349 e. The molecule has 2 N–H and O–H groups in total. The zero-order valence-electron chi connectivity index (χ0n) is 17.6. The van der Waals surface area contributed by atoms with Gasteiger partial charge < -0.3 is 15.2 Å². The van der Waals surface area contributed by atoms with E-state index >= 15 is 0 Å². The zero-order chi connectivity index (χ0) is 22.5. The van der Waals surface area contributed by atoms with Crippen LogP contribution in [0.4, 0.5) is 8.78 Å². The Morgan fingerprint density at radius 1 is 1.31 bits per heavy atom. The number of rotatable bonds is 6. The van der Waals surface area contributed by atoms with E-state index in [2.05, 4.69) is 15.3 Å². The minimum absolute atomic E-state index is 0.0402. The van der Waals surface area contributed by atoms with Crippen molar-refractivity contribution in [2.45, 2.75) is 44.1 Å². The molecule has 9 heteroatoms. The highest BCUT2D eigenvalue weighted by atomic mass is 32.1. The normalized spacial score (nSPS) is 22.8. The summed E-state index contributed by atoms with van der Waals surface area (Å²) in [6, 6.07) is 11.1. The lowest BCUT2D eigenvalue weighted by molar-refractivity contribution is -0.122. The number of nitrogens with zero attached hydrogens (tertiary/aromatic N) is 2. The van der Waals surface area contributed by atoms with Crippen LogP contribution in [0, 0.1) is 5.92 Å². The number of benzene rings is 1. The van der Waals surface area contributed by atoms with E-state index in [9.17, 15) is 18.4 Å². The Hall–Kier alpha value is -2.81. The number of fused-ring (bicyclic) bond motifs is 1. The third-order valence-electron chi connectivity index (χ3n) is 6.23. The molecule has 0 unspecified atom stereocenters. The molecule has 0 bridgehead atoms. The van der Waals surface area contributed by atoms with Crippen molar-refractivity contribution < 1.29 is 18.4 Å². The smallest absolute Gasteiger partial charge is 0.267 e. The largest absolute Gasteiger partial charge is 0.349 e. The number of imidazole rings is 1. The van der Waals surface area contributed by atoms with Crippen molar-refractivity contribution in [3.05, 3.63) is 52.0 Å². The molecule has 2 amide bonds. The summed E-state index contributed by atoms with van der Waals surface area (Å²) in [7, 11) is 0. The van der Waals surface area contributed by atoms with Crippen molar-refractivity contribution >= 4 is 34.2 Å². The van der Waals surface area contributed by atoms with Gasteiger partial charge in [0.15, 0.2) is 0 Å². The number of alkyl halides is 2. The van der Waals surface area contributed by atoms with E-state index in [4.69, 9.17) is 0 Å². The number of halogens is 2. The van der Waals surface area contributed by atoms with Gasteiger partial charge in [-0.25, -0.2) is 13.8 Å². The summed E-state index contributed by atoms with van der Waals surface area (Å²) >= 11 is 1.25. The average Bonchev–Trinajstić information content (AvgIpc) is 3.14. The van der Waals surface area contributed by atoms with Gasteiger partial charge in [-0.15, -0.1) is 11.3 Å². The monoisotopic (exact) mass is 458 g/mol. The lowest BCUT2D eigenvalue weighted by Gasteiger charge is -2.15. The number of para-hydroxylation sites is 2. The van der Waals surface area contributed by atoms with Gasteiger partial charge in [-0.3, -0.25) is 9.59 Å². The standard InChI is InChI=1S/C23H24F2N4O2S/c1-13(18-6-7-19(32-18)22(31)29-9-8-23(24,25)12-29)26-20(30)11-14-10-15(14)21-27-16-4-2-3-5-17(16)28-21/h2-7,13-15H,8-12H2,1H3,(H,26,30)(H,27,28)/t13-,14+,15-/m1/s1. The van der Waals surface area contributed by atoms with Crippen LogP contribution in [-0.4, -0.2) is 45.7 Å². The van der Waals surface area contributed by atoms with E-state index in [0.717, 1.165) is 28.2 Å². The molecule has 5 rings (SSSR count). The second kappa shape index (κ2) is 7.95. The number of carbonyl (C=O) groups excluding carboxylic acids is 2. The topological polar surface area (TPSA) is 78.1 Å². The average molecular weight is 459 g/mol. The molecule has 6 nitrogen and oxygen atoms in total. The summed E-state index contributed by atoms with van der Waals surface area (Å²) in [4.78, 5) is 35.5. The molecule has 1 aliphatic carbocycles. The fraction of sp³-hybridized carbons (Fsp3) is 0.435. The van der Waals surface area contributed by atoms with Gasteiger partial charge in [0, 0.05) is 30.2 Å². The van der Waals surface area contributed by atoms with E-state index < -0.39 is 12.5 Å². The van der Waals surface area contributed by atoms with E-state index in [0.29, 0.717) is 11.3 Å². The number of aromatic nitrogens is 2. The maximum Gasteiger partial charge on any atom is 0.267 e. The predicted molar refractivity (Wildman–Crippen MR) is 118 cm³/mol. The Bertz CT molecular complexity index is 1140. The number of thiophene rings is 1. The molecule has 0 spiro atoms. The highest BCUT2D eigenvalue weighted by molar-refractivity contribution is 7.14. The van der Waals surface area contributed by atoms with Gasteiger partial charge in [-0.05, 0) is 43.5 Å². The molecule has 168 valence electrons. The molecule has 0 radical (unpaired) electrons. The molecule has 32 heavy (non-hydrogen) atoms. The van der Waals surface area contributed by atoms with E-state index in [1.165, 1.54) is 16.2 Å². The third-order valence-corrected chi connectivity index (χ3v) is 7.48. The number of hydrogen-bond donors (Lipinski definition) is 2. The number of hydrogen-bond acceptors (Lipinski definition) is 4. The summed E-state index contributed by atoms with van der Waals surface area (Å²) in [5.41, 5.74) is 1.94. The van der Waals surface area contributed by atoms with Crippen LogP contribution in [0.25, 0.3) is 11.0 Å².